The molecule has 0 radical (unpaired) electrons. The number of ether oxygens (including phenoxy) is 1. The summed E-state index contributed by atoms with van der Waals surface area (Å²) < 4.78 is 31.7. The van der Waals surface area contributed by atoms with Crippen molar-refractivity contribution in [3.8, 4) is 5.75 Å². The number of carbonyl (C=O) groups is 2. The number of sulfonamides is 1. The number of carbonyl (C=O) groups excluding carboxylic acids is 2. The molecule has 132 valence electrons. The van der Waals surface area contributed by atoms with E-state index in [4.69, 9.17) is 10.5 Å². The number of rotatable bonds is 6. The molecule has 1 amide bonds. The van der Waals surface area contributed by atoms with Gasteiger partial charge in [-0.2, -0.15) is 0 Å². The average Bonchev–Trinajstić information content (AvgIpc) is 2.54. The van der Waals surface area contributed by atoms with Gasteiger partial charge in [-0.25, -0.2) is 17.9 Å². The van der Waals surface area contributed by atoms with E-state index in [1.807, 2.05) is 0 Å². The number of nitrogens with one attached hydrogen (secondary N) is 1. The van der Waals surface area contributed by atoms with Gasteiger partial charge in [-0.3, -0.25) is 4.79 Å². The lowest BCUT2D eigenvalue weighted by molar-refractivity contribution is 0.0733. The maximum Gasteiger partial charge on any atom is 0.343 e. The zero-order valence-electron chi connectivity index (χ0n) is 13.7. The Morgan fingerprint density at radius 2 is 1.68 bits per heavy atom. The van der Waals surface area contributed by atoms with E-state index in [0.717, 1.165) is 0 Å². The van der Waals surface area contributed by atoms with Gasteiger partial charge in [0.05, 0.1) is 10.5 Å². The molecule has 2 rings (SSSR count). The largest absolute Gasteiger partial charge is 0.423 e. The molecular weight excluding hydrogens is 344 g/mol. The second kappa shape index (κ2) is 7.45. The maximum absolute atomic E-state index is 12.1. The highest BCUT2D eigenvalue weighted by atomic mass is 32.2. The molecule has 0 bridgehead atoms. The van der Waals surface area contributed by atoms with Crippen LogP contribution in [0.3, 0.4) is 0 Å². The van der Waals surface area contributed by atoms with Crippen molar-refractivity contribution >= 4 is 21.9 Å². The second-order valence-electron chi connectivity index (χ2n) is 5.58. The molecule has 0 spiro atoms. The third-order valence-corrected chi connectivity index (χ3v) is 4.79. The first-order chi connectivity index (χ1) is 11.7. The minimum atomic E-state index is -3.63. The number of primary amides is 1. The van der Waals surface area contributed by atoms with Crippen LogP contribution in [0.5, 0.6) is 5.75 Å². The Balaban J connectivity index is 2.16. The summed E-state index contributed by atoms with van der Waals surface area (Å²) in [5.41, 5.74) is 5.56. The van der Waals surface area contributed by atoms with Gasteiger partial charge in [0.2, 0.25) is 15.9 Å². The van der Waals surface area contributed by atoms with Crippen molar-refractivity contribution in [2.24, 2.45) is 5.73 Å². The topological polar surface area (TPSA) is 116 Å². The van der Waals surface area contributed by atoms with Crippen LogP contribution in [0.2, 0.25) is 0 Å². The van der Waals surface area contributed by atoms with Gasteiger partial charge in [0.25, 0.3) is 0 Å². The molecule has 0 saturated carbocycles. The van der Waals surface area contributed by atoms with Crippen LogP contribution in [0.1, 0.15) is 34.6 Å². The molecule has 0 atom stereocenters. The van der Waals surface area contributed by atoms with Crippen LogP contribution in [0.15, 0.2) is 53.4 Å². The summed E-state index contributed by atoms with van der Waals surface area (Å²) in [6, 6.07) is 11.0. The fourth-order valence-electron chi connectivity index (χ4n) is 2.03. The minimum absolute atomic E-state index is 0.0495. The molecule has 0 aliphatic heterocycles. The van der Waals surface area contributed by atoms with Gasteiger partial charge >= 0.3 is 5.97 Å². The monoisotopic (exact) mass is 362 g/mol. The van der Waals surface area contributed by atoms with Crippen LogP contribution in [0.4, 0.5) is 0 Å². The fourth-order valence-corrected chi connectivity index (χ4v) is 3.28. The van der Waals surface area contributed by atoms with Gasteiger partial charge in [0.1, 0.15) is 5.75 Å². The van der Waals surface area contributed by atoms with Crippen molar-refractivity contribution in [3.63, 3.8) is 0 Å². The molecule has 0 saturated heterocycles. The molecule has 0 aromatic heterocycles. The second-order valence-corrected chi connectivity index (χ2v) is 7.30. The highest BCUT2D eigenvalue weighted by Gasteiger charge is 2.17. The number of benzene rings is 2. The summed E-state index contributed by atoms with van der Waals surface area (Å²) in [7, 11) is -3.63. The fraction of sp³-hybridized carbons (Fsp3) is 0.176. The summed E-state index contributed by atoms with van der Waals surface area (Å²) in [4.78, 5) is 23.3. The summed E-state index contributed by atoms with van der Waals surface area (Å²) in [6.45, 7) is 3.42. The molecule has 0 aliphatic carbocycles. The highest BCUT2D eigenvalue weighted by Crippen LogP contribution is 2.16. The van der Waals surface area contributed by atoms with Crippen LogP contribution in [0, 0.1) is 0 Å². The molecule has 0 aliphatic rings. The molecule has 7 nitrogen and oxygen atoms in total. The maximum atomic E-state index is 12.1. The summed E-state index contributed by atoms with van der Waals surface area (Å²) >= 11 is 0. The minimum Gasteiger partial charge on any atom is -0.423 e. The molecule has 2 aromatic carbocycles. The van der Waals surface area contributed by atoms with Gasteiger partial charge in [-0.15, -0.1) is 0 Å². The Bertz CT molecular complexity index is 890. The predicted octanol–water partition coefficient (Wildman–Crippen LogP) is 1.69. The zero-order chi connectivity index (χ0) is 18.6. The number of nitrogens with two attached hydrogens (primary N) is 1. The molecule has 25 heavy (non-hydrogen) atoms. The summed E-state index contributed by atoms with van der Waals surface area (Å²) in [6.07, 6.45) is 0. The Morgan fingerprint density at radius 1 is 1.04 bits per heavy atom. The Hall–Kier alpha value is -2.71. The molecular formula is C17H18N2O5S. The average molecular weight is 362 g/mol. The SMILES string of the molecule is CC(C)NS(=O)(=O)c1ccc(C(=O)Oc2cccc(C(N)=O)c2)cc1. The molecule has 0 unspecified atom stereocenters. The first kappa shape index (κ1) is 18.6. The first-order valence-electron chi connectivity index (χ1n) is 7.43. The number of hydrogen-bond acceptors (Lipinski definition) is 5. The van der Waals surface area contributed by atoms with E-state index >= 15 is 0 Å². The number of esters is 1. The van der Waals surface area contributed by atoms with Crippen molar-refractivity contribution in [3.05, 3.63) is 59.7 Å². The summed E-state index contributed by atoms with van der Waals surface area (Å²) in [5.74, 6) is -1.15. The van der Waals surface area contributed by atoms with Gasteiger partial charge in [0, 0.05) is 11.6 Å². The van der Waals surface area contributed by atoms with Crippen molar-refractivity contribution in [2.75, 3.05) is 0 Å². The molecule has 0 fully saturated rings. The predicted molar refractivity (Wildman–Crippen MR) is 91.8 cm³/mol. The van der Waals surface area contributed by atoms with Gasteiger partial charge in [-0.1, -0.05) is 6.07 Å². The number of amides is 1. The zero-order valence-corrected chi connectivity index (χ0v) is 14.5. The third kappa shape index (κ3) is 4.88. The standard InChI is InChI=1S/C17H18N2O5S/c1-11(2)19-25(22,23)15-8-6-12(7-9-15)17(21)24-14-5-3-4-13(10-14)16(18)20/h3-11,19H,1-2H3,(H2,18,20). The lowest BCUT2D eigenvalue weighted by atomic mass is 10.2. The molecule has 8 heteroatoms. The Kier molecular flexibility index (Phi) is 5.55. The van der Waals surface area contributed by atoms with E-state index in [-0.39, 0.29) is 27.8 Å². The van der Waals surface area contributed by atoms with Crippen LogP contribution < -0.4 is 15.2 Å². The van der Waals surface area contributed by atoms with Gasteiger partial charge in [0.15, 0.2) is 0 Å². The normalized spacial score (nSPS) is 11.3. The summed E-state index contributed by atoms with van der Waals surface area (Å²) in [5, 5.41) is 0. The quantitative estimate of drug-likeness (QED) is 0.599. The van der Waals surface area contributed by atoms with Crippen molar-refractivity contribution < 1.29 is 22.7 Å². The van der Waals surface area contributed by atoms with E-state index in [9.17, 15) is 18.0 Å². The van der Waals surface area contributed by atoms with Crippen LogP contribution in [-0.4, -0.2) is 26.3 Å². The molecule has 3 N–H and O–H groups in total. The molecule has 0 heterocycles. The lowest BCUT2D eigenvalue weighted by Crippen LogP contribution is -2.30. The van der Waals surface area contributed by atoms with Crippen LogP contribution >= 0.6 is 0 Å². The van der Waals surface area contributed by atoms with E-state index in [2.05, 4.69) is 4.72 Å². The first-order valence-corrected chi connectivity index (χ1v) is 8.92. The van der Waals surface area contributed by atoms with E-state index in [1.54, 1.807) is 13.8 Å². The smallest absolute Gasteiger partial charge is 0.343 e. The number of hydrogen-bond donors (Lipinski definition) is 2. The van der Waals surface area contributed by atoms with Gasteiger partial charge < -0.3 is 10.5 Å². The lowest BCUT2D eigenvalue weighted by Gasteiger charge is -2.10. The highest BCUT2D eigenvalue weighted by molar-refractivity contribution is 7.89. The van der Waals surface area contributed by atoms with E-state index in [1.165, 1.54) is 48.5 Å². The van der Waals surface area contributed by atoms with Crippen molar-refractivity contribution in [1.29, 1.82) is 0 Å². The van der Waals surface area contributed by atoms with Gasteiger partial charge in [-0.05, 0) is 56.3 Å². The third-order valence-electron chi connectivity index (χ3n) is 3.12. The van der Waals surface area contributed by atoms with Crippen molar-refractivity contribution in [1.82, 2.24) is 4.72 Å². The van der Waals surface area contributed by atoms with E-state index in [0.29, 0.717) is 0 Å². The Morgan fingerprint density at radius 3 is 2.24 bits per heavy atom. The van der Waals surface area contributed by atoms with Crippen LogP contribution in [0.25, 0.3) is 0 Å². The Labute approximate surface area is 145 Å². The molecule has 2 aromatic rings. The van der Waals surface area contributed by atoms with Crippen molar-refractivity contribution in [2.45, 2.75) is 24.8 Å². The van der Waals surface area contributed by atoms with E-state index < -0.39 is 21.9 Å². The van der Waals surface area contributed by atoms with Crippen LogP contribution in [-0.2, 0) is 10.0 Å².